The van der Waals surface area contributed by atoms with E-state index in [1.165, 1.54) is 50.2 Å². The van der Waals surface area contributed by atoms with Crippen LogP contribution in [0.1, 0.15) is 28.4 Å². The van der Waals surface area contributed by atoms with Gasteiger partial charge in [0.2, 0.25) is 0 Å². The lowest BCUT2D eigenvalue weighted by Crippen LogP contribution is -2.29. The van der Waals surface area contributed by atoms with E-state index in [9.17, 15) is 32.9 Å². The highest BCUT2D eigenvalue weighted by atomic mass is 19.4. The Morgan fingerprint density at radius 3 is 2.41 bits per heavy atom. The molecule has 0 bridgehead atoms. The predicted molar refractivity (Wildman–Crippen MR) is 98.6 cm³/mol. The van der Waals surface area contributed by atoms with Crippen LogP contribution in [0.2, 0.25) is 0 Å². The first-order chi connectivity index (χ1) is 13.5. The summed E-state index contributed by atoms with van der Waals surface area (Å²) in [5, 5.41) is 16.5. The van der Waals surface area contributed by atoms with E-state index >= 15 is 0 Å². The van der Waals surface area contributed by atoms with E-state index in [1.807, 2.05) is 0 Å². The Bertz CT molecular complexity index is 1000. The Labute approximate surface area is 162 Å². The number of hydrazone groups is 1. The topological polar surface area (TPSA) is 114 Å². The molecule has 0 heterocycles. The minimum atomic E-state index is -5.02. The molecule has 29 heavy (non-hydrogen) atoms. The smallest absolute Gasteiger partial charge is 0.318 e. The molecule has 2 N–H and O–H groups in total. The van der Waals surface area contributed by atoms with Crippen molar-refractivity contribution in [2.24, 2.45) is 5.10 Å². The number of nitro groups is 1. The van der Waals surface area contributed by atoms with Crippen molar-refractivity contribution >= 4 is 28.9 Å². The van der Waals surface area contributed by atoms with Crippen LogP contribution in [0.5, 0.6) is 0 Å². The van der Waals surface area contributed by atoms with Crippen molar-refractivity contribution < 1.29 is 27.7 Å². The van der Waals surface area contributed by atoms with Gasteiger partial charge in [-0.15, -0.1) is 0 Å². The minimum Gasteiger partial charge on any atom is -0.318 e. The number of halogens is 3. The van der Waals surface area contributed by atoms with E-state index in [2.05, 4.69) is 10.5 Å². The largest absolute Gasteiger partial charge is 0.471 e. The summed E-state index contributed by atoms with van der Waals surface area (Å²) in [7, 11) is 0. The summed E-state index contributed by atoms with van der Waals surface area (Å²) in [5.41, 5.74) is 2.91. The van der Waals surface area contributed by atoms with Gasteiger partial charge in [-0.3, -0.25) is 19.7 Å². The number of nitrogens with zero attached hydrogens (tertiary/aromatic N) is 2. The van der Waals surface area contributed by atoms with Gasteiger partial charge in [-0.1, -0.05) is 18.2 Å². The fraction of sp³-hybridized carbons (Fsp3) is 0.167. The van der Waals surface area contributed by atoms with Gasteiger partial charge in [0.1, 0.15) is 0 Å². The molecule has 2 aromatic rings. The molecule has 0 spiro atoms. The van der Waals surface area contributed by atoms with E-state index in [-0.39, 0.29) is 22.6 Å². The van der Waals surface area contributed by atoms with Gasteiger partial charge < -0.3 is 5.32 Å². The summed E-state index contributed by atoms with van der Waals surface area (Å²) in [5.74, 6) is -2.81. The number of alkyl halides is 3. The summed E-state index contributed by atoms with van der Waals surface area (Å²) in [4.78, 5) is 33.5. The summed E-state index contributed by atoms with van der Waals surface area (Å²) in [6.45, 7) is 3.02. The van der Waals surface area contributed by atoms with Gasteiger partial charge >= 0.3 is 12.1 Å². The maximum atomic E-state index is 12.3. The summed E-state index contributed by atoms with van der Waals surface area (Å²) < 4.78 is 37.0. The standard InChI is InChI=1S/C18H15F3N4O4/c1-10-6-7-13(9-15(10)25(28)29)16(26)24-23-11(2)12-4-3-5-14(8-12)22-17(27)18(19,20)21/h3-9H,1-2H3,(H,22,27)(H,24,26)/b23-11+. The van der Waals surface area contributed by atoms with E-state index in [4.69, 9.17) is 0 Å². The summed E-state index contributed by atoms with van der Waals surface area (Å²) in [6, 6.07) is 9.39. The van der Waals surface area contributed by atoms with Crippen LogP contribution in [0, 0.1) is 17.0 Å². The average molecular weight is 408 g/mol. The third-order valence-electron chi connectivity index (χ3n) is 3.79. The van der Waals surface area contributed by atoms with E-state index in [0.29, 0.717) is 11.1 Å². The van der Waals surface area contributed by atoms with Crippen molar-refractivity contribution in [1.29, 1.82) is 0 Å². The molecule has 152 valence electrons. The lowest BCUT2D eigenvalue weighted by molar-refractivity contribution is -0.385. The molecular weight excluding hydrogens is 393 g/mol. The number of nitrogens with one attached hydrogen (secondary N) is 2. The second-order valence-corrected chi connectivity index (χ2v) is 5.93. The molecule has 11 heteroatoms. The summed E-state index contributed by atoms with van der Waals surface area (Å²) >= 11 is 0. The van der Waals surface area contributed by atoms with Gasteiger partial charge in [-0.25, -0.2) is 5.43 Å². The van der Waals surface area contributed by atoms with Crippen LogP contribution in [-0.2, 0) is 4.79 Å². The Kier molecular flexibility index (Phi) is 6.32. The fourth-order valence-electron chi connectivity index (χ4n) is 2.24. The first-order valence-corrected chi connectivity index (χ1v) is 8.07. The Morgan fingerprint density at radius 1 is 1.10 bits per heavy atom. The molecule has 0 aliphatic heterocycles. The van der Waals surface area contributed by atoms with Gasteiger partial charge in [0.15, 0.2) is 0 Å². The number of hydrogen-bond acceptors (Lipinski definition) is 5. The molecule has 2 aromatic carbocycles. The Morgan fingerprint density at radius 2 is 1.79 bits per heavy atom. The lowest BCUT2D eigenvalue weighted by atomic mass is 10.1. The average Bonchev–Trinajstić information content (AvgIpc) is 2.65. The molecule has 8 nitrogen and oxygen atoms in total. The summed E-state index contributed by atoms with van der Waals surface area (Å²) in [6.07, 6.45) is -5.02. The third kappa shape index (κ3) is 5.61. The zero-order valence-corrected chi connectivity index (χ0v) is 15.2. The van der Waals surface area contributed by atoms with Crippen LogP contribution in [0.15, 0.2) is 47.6 Å². The number of anilines is 1. The predicted octanol–water partition coefficient (Wildman–Crippen LogP) is 3.56. The number of aryl methyl sites for hydroxylation is 1. The quantitative estimate of drug-likeness (QED) is 0.447. The molecule has 0 fully saturated rings. The molecule has 0 saturated heterocycles. The van der Waals surface area contributed by atoms with Gasteiger partial charge in [0, 0.05) is 22.9 Å². The van der Waals surface area contributed by atoms with Crippen molar-refractivity contribution in [1.82, 2.24) is 5.43 Å². The van der Waals surface area contributed by atoms with Crippen LogP contribution in [-0.4, -0.2) is 28.6 Å². The van der Waals surface area contributed by atoms with Gasteiger partial charge in [-0.05, 0) is 37.6 Å². The van der Waals surface area contributed by atoms with Gasteiger partial charge in [-0.2, -0.15) is 18.3 Å². The molecule has 2 rings (SSSR count). The number of nitro benzene ring substituents is 1. The van der Waals surface area contributed by atoms with Crippen molar-refractivity contribution in [2.75, 3.05) is 5.32 Å². The molecule has 0 radical (unpaired) electrons. The second kappa shape index (κ2) is 8.50. The normalized spacial score (nSPS) is 11.7. The Balaban J connectivity index is 2.15. The van der Waals surface area contributed by atoms with Crippen LogP contribution < -0.4 is 10.7 Å². The number of amides is 2. The van der Waals surface area contributed by atoms with Crippen molar-refractivity contribution in [3.63, 3.8) is 0 Å². The maximum absolute atomic E-state index is 12.3. The second-order valence-electron chi connectivity index (χ2n) is 5.93. The molecule has 0 atom stereocenters. The molecule has 0 aromatic heterocycles. The first-order valence-electron chi connectivity index (χ1n) is 8.07. The highest BCUT2D eigenvalue weighted by Crippen LogP contribution is 2.20. The highest BCUT2D eigenvalue weighted by Gasteiger charge is 2.38. The Hall–Kier alpha value is -3.76. The number of benzene rings is 2. The van der Waals surface area contributed by atoms with Crippen LogP contribution in [0.3, 0.4) is 0 Å². The maximum Gasteiger partial charge on any atom is 0.471 e. The highest BCUT2D eigenvalue weighted by molar-refractivity contribution is 6.02. The van der Waals surface area contributed by atoms with Crippen molar-refractivity contribution in [3.8, 4) is 0 Å². The molecule has 0 unspecified atom stereocenters. The molecule has 0 aliphatic carbocycles. The molecule has 0 saturated carbocycles. The van der Waals surface area contributed by atoms with Crippen molar-refractivity contribution in [2.45, 2.75) is 20.0 Å². The van der Waals surface area contributed by atoms with Crippen LogP contribution in [0.4, 0.5) is 24.5 Å². The number of rotatable bonds is 5. The fourth-order valence-corrected chi connectivity index (χ4v) is 2.24. The monoisotopic (exact) mass is 408 g/mol. The van der Waals surface area contributed by atoms with E-state index in [1.54, 1.807) is 5.32 Å². The van der Waals surface area contributed by atoms with Gasteiger partial charge in [0.25, 0.3) is 11.6 Å². The first kappa shape index (κ1) is 21.5. The zero-order chi connectivity index (χ0) is 21.8. The zero-order valence-electron chi connectivity index (χ0n) is 15.2. The SMILES string of the molecule is C/C(=N\NC(=O)c1ccc(C)c([N+](=O)[O-])c1)c1cccc(NC(=O)C(F)(F)F)c1. The third-order valence-corrected chi connectivity index (χ3v) is 3.79. The number of hydrogen-bond donors (Lipinski definition) is 2. The molecular formula is C18H15F3N4O4. The number of carbonyl (C=O) groups is 2. The van der Waals surface area contributed by atoms with E-state index < -0.39 is 22.9 Å². The lowest BCUT2D eigenvalue weighted by Gasteiger charge is -2.09. The van der Waals surface area contributed by atoms with E-state index in [0.717, 1.165) is 6.07 Å². The van der Waals surface area contributed by atoms with Gasteiger partial charge in [0.05, 0.1) is 10.6 Å². The molecule has 0 aliphatic rings. The minimum absolute atomic E-state index is 0.0186. The van der Waals surface area contributed by atoms with Crippen LogP contribution in [0.25, 0.3) is 0 Å². The number of carbonyl (C=O) groups excluding carboxylic acids is 2. The molecule has 2 amide bonds. The van der Waals surface area contributed by atoms with Crippen LogP contribution >= 0.6 is 0 Å². The van der Waals surface area contributed by atoms with Crippen molar-refractivity contribution in [3.05, 3.63) is 69.3 Å².